The molecule has 168 valence electrons. The van der Waals surface area contributed by atoms with E-state index in [1.807, 2.05) is 6.07 Å². The van der Waals surface area contributed by atoms with Crippen LogP contribution in [0.3, 0.4) is 0 Å². The van der Waals surface area contributed by atoms with Crippen molar-refractivity contribution in [2.75, 3.05) is 49.1 Å². The SMILES string of the molecule is O=C(c1ccc([N+](=O)[O-])cc1)N1CCN(c2ccc([N+](=O)[O-])c(N3CCCCC3)c2)CC1. The van der Waals surface area contributed by atoms with Gasteiger partial charge in [0, 0.05) is 68.7 Å². The molecule has 2 aromatic carbocycles. The lowest BCUT2D eigenvalue weighted by Crippen LogP contribution is -2.48. The van der Waals surface area contributed by atoms with Crippen molar-refractivity contribution in [3.05, 3.63) is 68.3 Å². The number of carbonyl (C=O) groups excluding carboxylic acids is 1. The Bertz CT molecular complexity index is 1010. The molecule has 2 saturated heterocycles. The highest BCUT2D eigenvalue weighted by Crippen LogP contribution is 2.34. The highest BCUT2D eigenvalue weighted by atomic mass is 16.6. The van der Waals surface area contributed by atoms with Crippen LogP contribution in [0.25, 0.3) is 0 Å². The van der Waals surface area contributed by atoms with E-state index in [2.05, 4.69) is 9.80 Å². The molecule has 0 unspecified atom stereocenters. The van der Waals surface area contributed by atoms with Crippen LogP contribution in [0.15, 0.2) is 42.5 Å². The van der Waals surface area contributed by atoms with Gasteiger partial charge in [0.25, 0.3) is 17.3 Å². The minimum atomic E-state index is -0.491. The summed E-state index contributed by atoms with van der Waals surface area (Å²) in [6.45, 7) is 3.87. The molecule has 0 atom stereocenters. The van der Waals surface area contributed by atoms with Gasteiger partial charge in [-0.1, -0.05) is 0 Å². The third-order valence-electron chi connectivity index (χ3n) is 6.11. The van der Waals surface area contributed by atoms with Gasteiger partial charge in [-0.05, 0) is 43.5 Å². The summed E-state index contributed by atoms with van der Waals surface area (Å²) in [6.07, 6.45) is 3.21. The second-order valence-electron chi connectivity index (χ2n) is 8.06. The molecule has 0 radical (unpaired) electrons. The van der Waals surface area contributed by atoms with E-state index in [9.17, 15) is 25.0 Å². The number of piperazine rings is 1. The Morgan fingerprint density at radius 3 is 2.00 bits per heavy atom. The van der Waals surface area contributed by atoms with Crippen LogP contribution in [0.4, 0.5) is 22.7 Å². The van der Waals surface area contributed by atoms with Crippen molar-refractivity contribution in [3.8, 4) is 0 Å². The maximum absolute atomic E-state index is 12.8. The summed E-state index contributed by atoms with van der Waals surface area (Å²) < 4.78 is 0. The number of benzene rings is 2. The van der Waals surface area contributed by atoms with Crippen molar-refractivity contribution in [2.45, 2.75) is 19.3 Å². The van der Waals surface area contributed by atoms with Crippen LogP contribution < -0.4 is 9.80 Å². The van der Waals surface area contributed by atoms with E-state index >= 15 is 0 Å². The highest BCUT2D eigenvalue weighted by molar-refractivity contribution is 5.94. The summed E-state index contributed by atoms with van der Waals surface area (Å²) >= 11 is 0. The third-order valence-corrected chi connectivity index (χ3v) is 6.11. The van der Waals surface area contributed by atoms with E-state index < -0.39 is 4.92 Å². The highest BCUT2D eigenvalue weighted by Gasteiger charge is 2.26. The first-order chi connectivity index (χ1) is 15.4. The zero-order valence-electron chi connectivity index (χ0n) is 17.7. The predicted molar refractivity (Wildman–Crippen MR) is 120 cm³/mol. The van der Waals surface area contributed by atoms with Gasteiger partial charge in [-0.15, -0.1) is 0 Å². The number of nitro benzene ring substituents is 2. The van der Waals surface area contributed by atoms with Gasteiger partial charge < -0.3 is 14.7 Å². The predicted octanol–water partition coefficient (Wildman–Crippen LogP) is 3.46. The largest absolute Gasteiger partial charge is 0.368 e. The van der Waals surface area contributed by atoms with Gasteiger partial charge in [0.2, 0.25) is 0 Å². The van der Waals surface area contributed by atoms with Crippen LogP contribution in [-0.2, 0) is 0 Å². The molecule has 2 aromatic rings. The van der Waals surface area contributed by atoms with Crippen LogP contribution in [0.1, 0.15) is 29.6 Å². The Morgan fingerprint density at radius 1 is 0.750 bits per heavy atom. The number of nitrogens with zero attached hydrogens (tertiary/aromatic N) is 5. The summed E-state index contributed by atoms with van der Waals surface area (Å²) in [7, 11) is 0. The fraction of sp³-hybridized carbons (Fsp3) is 0.409. The van der Waals surface area contributed by atoms with Gasteiger partial charge in [0.05, 0.1) is 9.85 Å². The van der Waals surface area contributed by atoms with Crippen LogP contribution in [-0.4, -0.2) is 59.9 Å². The molecule has 2 aliphatic heterocycles. The number of anilines is 2. The monoisotopic (exact) mass is 439 g/mol. The average Bonchev–Trinajstić information content (AvgIpc) is 2.84. The molecule has 32 heavy (non-hydrogen) atoms. The number of piperidine rings is 1. The second-order valence-corrected chi connectivity index (χ2v) is 8.06. The summed E-state index contributed by atoms with van der Waals surface area (Å²) in [5.41, 5.74) is 2.08. The second kappa shape index (κ2) is 9.21. The topological polar surface area (TPSA) is 113 Å². The first-order valence-corrected chi connectivity index (χ1v) is 10.8. The summed E-state index contributed by atoms with van der Waals surface area (Å²) in [6, 6.07) is 10.9. The number of amides is 1. The average molecular weight is 439 g/mol. The first-order valence-electron chi connectivity index (χ1n) is 10.8. The summed E-state index contributed by atoms with van der Waals surface area (Å²) in [5, 5.41) is 22.3. The molecule has 0 saturated carbocycles. The lowest BCUT2D eigenvalue weighted by Gasteiger charge is -2.37. The molecular formula is C22H25N5O5. The van der Waals surface area contributed by atoms with Crippen molar-refractivity contribution in [2.24, 2.45) is 0 Å². The van der Waals surface area contributed by atoms with Crippen molar-refractivity contribution in [1.29, 1.82) is 0 Å². The molecular weight excluding hydrogens is 414 g/mol. The zero-order valence-corrected chi connectivity index (χ0v) is 17.7. The van der Waals surface area contributed by atoms with E-state index in [1.165, 1.54) is 24.3 Å². The van der Waals surface area contributed by atoms with Crippen LogP contribution in [0.5, 0.6) is 0 Å². The maximum Gasteiger partial charge on any atom is 0.292 e. The molecule has 0 N–H and O–H groups in total. The quantitative estimate of drug-likeness (QED) is 0.518. The molecule has 0 bridgehead atoms. The van der Waals surface area contributed by atoms with E-state index in [1.54, 1.807) is 17.0 Å². The Kier molecular flexibility index (Phi) is 6.20. The molecule has 10 nitrogen and oxygen atoms in total. The molecule has 0 aromatic heterocycles. The van der Waals surface area contributed by atoms with Crippen LogP contribution >= 0.6 is 0 Å². The number of non-ortho nitro benzene ring substituents is 1. The molecule has 2 aliphatic rings. The molecule has 0 spiro atoms. The normalized spacial score (nSPS) is 16.7. The molecule has 0 aliphatic carbocycles. The van der Waals surface area contributed by atoms with Gasteiger partial charge in [-0.25, -0.2) is 0 Å². The van der Waals surface area contributed by atoms with Crippen molar-refractivity contribution < 1.29 is 14.6 Å². The van der Waals surface area contributed by atoms with Gasteiger partial charge in [0.1, 0.15) is 5.69 Å². The van der Waals surface area contributed by atoms with E-state index in [4.69, 9.17) is 0 Å². The standard InChI is InChI=1S/C22H25N5O5/c28-22(17-4-6-18(7-5-17)26(29)30)25-14-12-23(13-15-25)19-8-9-20(27(31)32)21(16-19)24-10-2-1-3-11-24/h4-9,16H,1-3,10-15H2. The Balaban J connectivity index is 1.45. The number of carbonyl (C=O) groups is 1. The fourth-order valence-corrected chi connectivity index (χ4v) is 4.33. The first kappa shape index (κ1) is 21.5. The minimum Gasteiger partial charge on any atom is -0.368 e. The number of nitro groups is 2. The Labute approximate surface area is 185 Å². The summed E-state index contributed by atoms with van der Waals surface area (Å²) in [5.74, 6) is -0.155. The van der Waals surface area contributed by atoms with Crippen LogP contribution in [0.2, 0.25) is 0 Å². The van der Waals surface area contributed by atoms with E-state index in [-0.39, 0.29) is 22.2 Å². The number of rotatable bonds is 5. The molecule has 2 fully saturated rings. The van der Waals surface area contributed by atoms with Gasteiger partial charge in [0.15, 0.2) is 0 Å². The molecule has 2 heterocycles. The van der Waals surface area contributed by atoms with E-state index in [0.29, 0.717) is 37.4 Å². The van der Waals surface area contributed by atoms with Crippen molar-refractivity contribution >= 4 is 28.7 Å². The lowest BCUT2D eigenvalue weighted by atomic mass is 10.1. The van der Waals surface area contributed by atoms with Gasteiger partial charge in [-0.2, -0.15) is 0 Å². The van der Waals surface area contributed by atoms with Crippen molar-refractivity contribution in [3.63, 3.8) is 0 Å². The van der Waals surface area contributed by atoms with Crippen molar-refractivity contribution in [1.82, 2.24) is 4.90 Å². The summed E-state index contributed by atoms with van der Waals surface area (Å²) in [4.78, 5) is 40.3. The fourth-order valence-electron chi connectivity index (χ4n) is 4.33. The lowest BCUT2D eigenvalue weighted by molar-refractivity contribution is -0.384. The van der Waals surface area contributed by atoms with E-state index in [0.717, 1.165) is 38.0 Å². The maximum atomic E-state index is 12.8. The molecule has 1 amide bonds. The smallest absolute Gasteiger partial charge is 0.292 e. The minimum absolute atomic E-state index is 0.0472. The number of hydrogen-bond acceptors (Lipinski definition) is 7. The van der Waals surface area contributed by atoms with Crippen LogP contribution in [0, 0.1) is 20.2 Å². The Hall–Kier alpha value is -3.69. The molecule has 10 heteroatoms. The Morgan fingerprint density at radius 2 is 1.41 bits per heavy atom. The zero-order chi connectivity index (χ0) is 22.7. The molecule has 4 rings (SSSR count). The van der Waals surface area contributed by atoms with Gasteiger partial charge >= 0.3 is 0 Å². The number of hydrogen-bond donors (Lipinski definition) is 0. The van der Waals surface area contributed by atoms with Gasteiger partial charge in [-0.3, -0.25) is 25.0 Å². The third kappa shape index (κ3) is 4.48.